The van der Waals surface area contributed by atoms with Crippen molar-refractivity contribution in [1.29, 1.82) is 0 Å². The van der Waals surface area contributed by atoms with E-state index in [9.17, 15) is 10.1 Å². The van der Waals surface area contributed by atoms with E-state index in [2.05, 4.69) is 15.2 Å². The van der Waals surface area contributed by atoms with Gasteiger partial charge >= 0.3 is 5.00 Å². The van der Waals surface area contributed by atoms with Gasteiger partial charge in [-0.2, -0.15) is 0 Å². The van der Waals surface area contributed by atoms with Crippen LogP contribution in [0, 0.1) is 17.0 Å². The zero-order valence-electron chi connectivity index (χ0n) is 8.45. The summed E-state index contributed by atoms with van der Waals surface area (Å²) in [5, 5.41) is 19.0. The molecule has 0 aliphatic carbocycles. The van der Waals surface area contributed by atoms with Gasteiger partial charge in [0.2, 0.25) is 0 Å². The van der Waals surface area contributed by atoms with Crippen molar-refractivity contribution in [2.45, 2.75) is 16.4 Å². The third-order valence-electron chi connectivity index (χ3n) is 1.88. The Morgan fingerprint density at radius 3 is 2.81 bits per heavy atom. The first-order valence-corrected chi connectivity index (χ1v) is 5.85. The largest absolute Gasteiger partial charge is 0.344 e. The number of hydrogen-bond donors (Lipinski definition) is 0. The van der Waals surface area contributed by atoms with Crippen molar-refractivity contribution in [2.75, 3.05) is 0 Å². The standard InChI is InChI=1S/C7H7N5O2S2/c1-4-9-10-6(11(4)2)16-7-8-3-5(15-7)12(13)14/h3H,1-2H3. The van der Waals surface area contributed by atoms with E-state index in [4.69, 9.17) is 0 Å². The molecule has 0 aliphatic heterocycles. The normalized spacial score (nSPS) is 10.6. The predicted molar refractivity (Wildman–Crippen MR) is 58.6 cm³/mol. The van der Waals surface area contributed by atoms with Crippen LogP contribution >= 0.6 is 23.1 Å². The molecule has 2 aromatic rings. The summed E-state index contributed by atoms with van der Waals surface area (Å²) in [5.41, 5.74) is 0. The number of aryl methyl sites for hydroxylation is 1. The zero-order chi connectivity index (χ0) is 11.7. The monoisotopic (exact) mass is 257 g/mol. The van der Waals surface area contributed by atoms with Gasteiger partial charge < -0.3 is 4.57 Å². The average Bonchev–Trinajstić information content (AvgIpc) is 2.81. The Labute approximate surface area is 98.7 Å². The third-order valence-corrected chi connectivity index (χ3v) is 3.95. The molecule has 0 fully saturated rings. The Bertz CT molecular complexity index is 535. The van der Waals surface area contributed by atoms with E-state index >= 15 is 0 Å². The molecule has 0 amide bonds. The molecule has 0 saturated carbocycles. The summed E-state index contributed by atoms with van der Waals surface area (Å²) >= 11 is 2.29. The molecular formula is C7H7N5O2S2. The van der Waals surface area contributed by atoms with Gasteiger partial charge in [0, 0.05) is 7.05 Å². The molecule has 2 heterocycles. The molecule has 0 N–H and O–H groups in total. The van der Waals surface area contributed by atoms with Crippen LogP contribution in [-0.2, 0) is 7.05 Å². The number of nitro groups is 1. The smallest absolute Gasteiger partial charge is 0.309 e. The molecule has 9 heteroatoms. The van der Waals surface area contributed by atoms with Crippen LogP contribution in [0.5, 0.6) is 0 Å². The summed E-state index contributed by atoms with van der Waals surface area (Å²) < 4.78 is 2.39. The highest BCUT2D eigenvalue weighted by molar-refractivity contribution is 8.00. The van der Waals surface area contributed by atoms with E-state index in [1.807, 2.05) is 14.0 Å². The fourth-order valence-electron chi connectivity index (χ4n) is 0.936. The molecule has 2 rings (SSSR count). The zero-order valence-corrected chi connectivity index (χ0v) is 10.1. The van der Waals surface area contributed by atoms with Crippen LogP contribution in [0.15, 0.2) is 15.7 Å². The van der Waals surface area contributed by atoms with E-state index in [0.29, 0.717) is 9.50 Å². The van der Waals surface area contributed by atoms with E-state index in [1.54, 1.807) is 4.57 Å². The third kappa shape index (κ3) is 2.04. The maximum atomic E-state index is 10.5. The van der Waals surface area contributed by atoms with Crippen LogP contribution in [-0.4, -0.2) is 24.7 Å². The van der Waals surface area contributed by atoms with Crippen molar-refractivity contribution >= 4 is 28.1 Å². The Morgan fingerprint density at radius 2 is 2.31 bits per heavy atom. The van der Waals surface area contributed by atoms with E-state index in [1.165, 1.54) is 18.0 Å². The summed E-state index contributed by atoms with van der Waals surface area (Å²) in [6.45, 7) is 1.83. The minimum Gasteiger partial charge on any atom is -0.309 e. The maximum Gasteiger partial charge on any atom is 0.344 e. The Morgan fingerprint density at radius 1 is 1.56 bits per heavy atom. The van der Waals surface area contributed by atoms with Gasteiger partial charge in [-0.3, -0.25) is 10.1 Å². The topological polar surface area (TPSA) is 86.7 Å². The molecule has 0 radical (unpaired) electrons. The first kappa shape index (κ1) is 11.0. The quantitative estimate of drug-likeness (QED) is 0.613. The second kappa shape index (κ2) is 4.18. The summed E-state index contributed by atoms with van der Waals surface area (Å²) in [7, 11) is 1.83. The van der Waals surface area contributed by atoms with Gasteiger partial charge in [0.15, 0.2) is 9.50 Å². The fraction of sp³-hybridized carbons (Fsp3) is 0.286. The average molecular weight is 257 g/mol. The van der Waals surface area contributed by atoms with Gasteiger partial charge in [-0.05, 0) is 30.0 Å². The maximum absolute atomic E-state index is 10.5. The van der Waals surface area contributed by atoms with Gasteiger partial charge in [0.25, 0.3) is 0 Å². The highest BCUT2D eigenvalue weighted by Gasteiger charge is 2.15. The summed E-state index contributed by atoms with van der Waals surface area (Å²) in [5.74, 6) is 0.786. The highest BCUT2D eigenvalue weighted by atomic mass is 32.2. The number of thiazole rings is 1. The molecule has 0 aliphatic rings. The minimum atomic E-state index is -0.455. The second-order valence-corrected chi connectivity index (χ2v) is 5.14. The molecule has 0 bridgehead atoms. The lowest BCUT2D eigenvalue weighted by atomic mass is 10.7. The van der Waals surface area contributed by atoms with Crippen LogP contribution in [0.2, 0.25) is 0 Å². The molecular weight excluding hydrogens is 250 g/mol. The Balaban J connectivity index is 2.21. The molecule has 0 spiro atoms. The molecule has 0 saturated heterocycles. The van der Waals surface area contributed by atoms with Crippen molar-refractivity contribution in [3.05, 3.63) is 22.1 Å². The lowest BCUT2D eigenvalue weighted by Gasteiger charge is -1.96. The number of rotatable bonds is 3. The Kier molecular flexibility index (Phi) is 2.88. The first-order valence-electron chi connectivity index (χ1n) is 4.22. The van der Waals surface area contributed by atoms with Crippen LogP contribution in [0.25, 0.3) is 0 Å². The first-order chi connectivity index (χ1) is 7.58. The van der Waals surface area contributed by atoms with Crippen molar-refractivity contribution in [1.82, 2.24) is 19.7 Å². The molecule has 84 valence electrons. The van der Waals surface area contributed by atoms with Crippen LogP contribution in [0.3, 0.4) is 0 Å². The number of nitrogens with zero attached hydrogens (tertiary/aromatic N) is 5. The summed E-state index contributed by atoms with van der Waals surface area (Å²) in [4.78, 5) is 14.0. The van der Waals surface area contributed by atoms with Crippen molar-refractivity contribution in [2.24, 2.45) is 7.05 Å². The molecule has 0 unspecified atom stereocenters. The fourth-order valence-corrected chi connectivity index (χ4v) is 2.66. The molecule has 0 atom stereocenters. The predicted octanol–water partition coefficient (Wildman–Crippen LogP) is 1.64. The van der Waals surface area contributed by atoms with Gasteiger partial charge in [0.05, 0.1) is 4.92 Å². The van der Waals surface area contributed by atoms with E-state index in [0.717, 1.165) is 17.2 Å². The second-order valence-electron chi connectivity index (χ2n) is 2.91. The van der Waals surface area contributed by atoms with Crippen molar-refractivity contribution in [3.63, 3.8) is 0 Å². The molecule has 0 aromatic carbocycles. The van der Waals surface area contributed by atoms with Crippen LogP contribution in [0.4, 0.5) is 5.00 Å². The van der Waals surface area contributed by atoms with Crippen LogP contribution in [0.1, 0.15) is 5.82 Å². The number of aromatic nitrogens is 4. The number of hydrogen-bond acceptors (Lipinski definition) is 7. The van der Waals surface area contributed by atoms with E-state index < -0.39 is 4.92 Å². The van der Waals surface area contributed by atoms with Gasteiger partial charge in [-0.15, -0.1) is 10.2 Å². The van der Waals surface area contributed by atoms with E-state index in [-0.39, 0.29) is 5.00 Å². The van der Waals surface area contributed by atoms with Crippen molar-refractivity contribution in [3.8, 4) is 0 Å². The minimum absolute atomic E-state index is 0.0291. The van der Waals surface area contributed by atoms with Gasteiger partial charge in [-0.25, -0.2) is 4.98 Å². The SMILES string of the molecule is Cc1nnc(Sc2ncc([N+](=O)[O-])s2)n1C. The van der Waals surface area contributed by atoms with Crippen LogP contribution < -0.4 is 0 Å². The summed E-state index contributed by atoms with van der Waals surface area (Å²) in [6, 6.07) is 0. The van der Waals surface area contributed by atoms with Gasteiger partial charge in [-0.1, -0.05) is 0 Å². The molecule has 7 nitrogen and oxygen atoms in total. The summed E-state index contributed by atoms with van der Waals surface area (Å²) in [6.07, 6.45) is 1.25. The highest BCUT2D eigenvalue weighted by Crippen LogP contribution is 2.32. The van der Waals surface area contributed by atoms with Crippen molar-refractivity contribution < 1.29 is 4.92 Å². The lowest BCUT2D eigenvalue weighted by Crippen LogP contribution is -1.92. The lowest BCUT2D eigenvalue weighted by molar-refractivity contribution is -0.380. The Hall–Kier alpha value is -1.48. The molecule has 2 aromatic heterocycles. The molecule has 16 heavy (non-hydrogen) atoms. The van der Waals surface area contributed by atoms with Gasteiger partial charge in [0.1, 0.15) is 12.0 Å².